The predicted octanol–water partition coefficient (Wildman–Crippen LogP) is 2.83. The van der Waals surface area contributed by atoms with Gasteiger partial charge in [0.1, 0.15) is 16.5 Å². The number of hydrogen-bond donors (Lipinski definition) is 1. The van der Waals surface area contributed by atoms with Gasteiger partial charge in [0.05, 0.1) is 17.2 Å². The molecule has 2 aromatic heterocycles. The van der Waals surface area contributed by atoms with E-state index < -0.39 is 5.97 Å². The summed E-state index contributed by atoms with van der Waals surface area (Å²) in [6, 6.07) is 2.92. The summed E-state index contributed by atoms with van der Waals surface area (Å²) in [6.45, 7) is 2.41. The van der Waals surface area contributed by atoms with E-state index in [1.165, 1.54) is 12.1 Å². The minimum atomic E-state index is -1.03. The number of aromatic carboxylic acids is 1. The maximum atomic E-state index is 11.2. The first-order valence-electron chi connectivity index (χ1n) is 5.49. The summed E-state index contributed by atoms with van der Waals surface area (Å²) in [5.41, 5.74) is 1.00. The number of hydrogen-bond acceptors (Lipinski definition) is 5. The van der Waals surface area contributed by atoms with E-state index in [2.05, 4.69) is 9.97 Å². The Balaban J connectivity index is 2.29. The molecule has 0 bridgehead atoms. The molecule has 5 nitrogen and oxygen atoms in total. The number of thiazole rings is 1. The minimum Gasteiger partial charge on any atom is -0.478 e. The van der Waals surface area contributed by atoms with Crippen molar-refractivity contribution < 1.29 is 9.90 Å². The molecular weight excluding hydrogens is 286 g/mol. The molecule has 0 radical (unpaired) electrons. The molecule has 7 heteroatoms. The highest BCUT2D eigenvalue weighted by Gasteiger charge is 2.16. The number of halogens is 1. The van der Waals surface area contributed by atoms with Crippen molar-refractivity contribution in [2.75, 3.05) is 11.9 Å². The molecule has 0 amide bonds. The zero-order chi connectivity index (χ0) is 14.0. The monoisotopic (exact) mass is 297 g/mol. The summed E-state index contributed by atoms with van der Waals surface area (Å²) in [7, 11) is 1.76. The average molecular weight is 298 g/mol. The molecule has 0 unspecified atom stereocenters. The smallest absolute Gasteiger partial charge is 0.339 e. The quantitative estimate of drug-likeness (QED) is 0.879. The van der Waals surface area contributed by atoms with Gasteiger partial charge in [0.15, 0.2) is 0 Å². The molecule has 0 fully saturated rings. The van der Waals surface area contributed by atoms with Gasteiger partial charge in [0, 0.05) is 12.4 Å². The van der Waals surface area contributed by atoms with Crippen LogP contribution in [0.15, 0.2) is 17.5 Å². The number of rotatable bonds is 4. The van der Waals surface area contributed by atoms with Gasteiger partial charge >= 0.3 is 5.97 Å². The summed E-state index contributed by atoms with van der Waals surface area (Å²) in [5, 5.41) is 12.3. The van der Waals surface area contributed by atoms with Crippen LogP contribution in [0.25, 0.3) is 0 Å². The molecule has 0 aliphatic heterocycles. The lowest BCUT2D eigenvalue weighted by Crippen LogP contribution is -2.21. The van der Waals surface area contributed by atoms with Crippen molar-refractivity contribution >= 4 is 34.7 Å². The van der Waals surface area contributed by atoms with Crippen LogP contribution in [0.5, 0.6) is 0 Å². The summed E-state index contributed by atoms with van der Waals surface area (Å²) in [4.78, 5) is 21.3. The van der Waals surface area contributed by atoms with E-state index >= 15 is 0 Å². The molecule has 1 N–H and O–H groups in total. The first kappa shape index (κ1) is 13.8. The number of pyridine rings is 1. The zero-order valence-corrected chi connectivity index (χ0v) is 12.0. The van der Waals surface area contributed by atoms with Gasteiger partial charge in [-0.05, 0) is 19.1 Å². The van der Waals surface area contributed by atoms with Crippen molar-refractivity contribution in [3.05, 3.63) is 38.9 Å². The van der Waals surface area contributed by atoms with Crippen molar-refractivity contribution in [2.45, 2.75) is 13.5 Å². The highest BCUT2D eigenvalue weighted by molar-refractivity contribution is 7.09. The van der Waals surface area contributed by atoms with Gasteiger partial charge in [-0.1, -0.05) is 11.6 Å². The molecular formula is C12H12ClN3O2S. The van der Waals surface area contributed by atoms with E-state index in [-0.39, 0.29) is 10.7 Å². The topological polar surface area (TPSA) is 66.3 Å². The molecule has 0 aromatic carbocycles. The maximum absolute atomic E-state index is 11.2. The Bertz CT molecular complexity index is 615. The third-order valence-corrected chi connectivity index (χ3v) is 3.53. The third kappa shape index (κ3) is 3.21. The van der Waals surface area contributed by atoms with E-state index in [1.54, 1.807) is 23.3 Å². The van der Waals surface area contributed by atoms with E-state index in [0.29, 0.717) is 12.4 Å². The molecule has 0 saturated carbocycles. The maximum Gasteiger partial charge on any atom is 0.339 e. The van der Waals surface area contributed by atoms with Gasteiger partial charge in [-0.2, -0.15) is 0 Å². The van der Waals surface area contributed by atoms with Crippen molar-refractivity contribution in [1.29, 1.82) is 0 Å². The molecule has 19 heavy (non-hydrogen) atoms. The van der Waals surface area contributed by atoms with Crippen LogP contribution in [0.4, 0.5) is 5.82 Å². The molecule has 100 valence electrons. The number of carboxylic acid groups (broad SMARTS) is 1. The standard InChI is InChI=1S/C12H12ClN3O2S/c1-7-14-8(6-19-7)5-16(2)11-9(12(17)18)3-4-10(13)15-11/h3-4,6H,5H2,1-2H3,(H,17,18). The van der Waals surface area contributed by atoms with Gasteiger partial charge < -0.3 is 10.0 Å². The normalized spacial score (nSPS) is 10.5. The van der Waals surface area contributed by atoms with E-state index in [0.717, 1.165) is 10.7 Å². The van der Waals surface area contributed by atoms with Gasteiger partial charge in [-0.25, -0.2) is 14.8 Å². The van der Waals surface area contributed by atoms with Crippen LogP contribution in [0.1, 0.15) is 21.1 Å². The van der Waals surface area contributed by atoms with Crippen LogP contribution >= 0.6 is 22.9 Å². The molecule has 0 aliphatic carbocycles. The number of carbonyl (C=O) groups is 1. The average Bonchev–Trinajstić information content (AvgIpc) is 2.74. The van der Waals surface area contributed by atoms with E-state index in [9.17, 15) is 4.79 Å². The van der Waals surface area contributed by atoms with Crippen molar-refractivity contribution in [3.63, 3.8) is 0 Å². The summed E-state index contributed by atoms with van der Waals surface area (Å²) >= 11 is 7.38. The van der Waals surface area contributed by atoms with Gasteiger partial charge in [-0.15, -0.1) is 11.3 Å². The highest BCUT2D eigenvalue weighted by atomic mass is 35.5. The van der Waals surface area contributed by atoms with Crippen LogP contribution in [-0.4, -0.2) is 28.1 Å². The molecule has 0 spiro atoms. The number of aromatic nitrogens is 2. The Hall–Kier alpha value is -1.66. The second-order valence-corrected chi connectivity index (χ2v) is 5.47. The van der Waals surface area contributed by atoms with E-state index in [1.807, 2.05) is 12.3 Å². The lowest BCUT2D eigenvalue weighted by molar-refractivity contribution is 0.0697. The molecule has 2 heterocycles. The van der Waals surface area contributed by atoms with Crippen molar-refractivity contribution in [1.82, 2.24) is 9.97 Å². The van der Waals surface area contributed by atoms with Gasteiger partial charge in [0.2, 0.25) is 0 Å². The predicted molar refractivity (Wildman–Crippen MR) is 75.2 cm³/mol. The molecule has 0 saturated heterocycles. The first-order chi connectivity index (χ1) is 8.97. The first-order valence-corrected chi connectivity index (χ1v) is 6.75. The third-order valence-electron chi connectivity index (χ3n) is 2.50. The SMILES string of the molecule is Cc1nc(CN(C)c2nc(Cl)ccc2C(=O)O)cs1. The summed E-state index contributed by atoms with van der Waals surface area (Å²) in [5.74, 6) is -0.689. The number of carboxylic acids is 1. The highest BCUT2D eigenvalue weighted by Crippen LogP contribution is 2.22. The van der Waals surface area contributed by atoms with Crippen LogP contribution in [0, 0.1) is 6.92 Å². The van der Waals surface area contributed by atoms with Crippen molar-refractivity contribution in [2.24, 2.45) is 0 Å². The minimum absolute atomic E-state index is 0.124. The number of aryl methyl sites for hydroxylation is 1. The van der Waals surface area contributed by atoms with E-state index in [4.69, 9.17) is 16.7 Å². The zero-order valence-electron chi connectivity index (χ0n) is 10.4. The number of anilines is 1. The second kappa shape index (κ2) is 5.54. The largest absolute Gasteiger partial charge is 0.478 e. The fraction of sp³-hybridized carbons (Fsp3) is 0.250. The Kier molecular flexibility index (Phi) is 4.01. The Labute approximate surface area is 119 Å². The fourth-order valence-corrected chi connectivity index (χ4v) is 2.43. The van der Waals surface area contributed by atoms with Gasteiger partial charge in [0.25, 0.3) is 0 Å². The second-order valence-electron chi connectivity index (χ2n) is 4.02. The lowest BCUT2D eigenvalue weighted by Gasteiger charge is -2.19. The van der Waals surface area contributed by atoms with Crippen LogP contribution < -0.4 is 4.90 Å². The molecule has 2 aromatic rings. The molecule has 2 rings (SSSR count). The number of nitrogens with zero attached hydrogens (tertiary/aromatic N) is 3. The fourth-order valence-electron chi connectivity index (χ4n) is 1.68. The van der Waals surface area contributed by atoms with Crippen molar-refractivity contribution in [3.8, 4) is 0 Å². The molecule has 0 aliphatic rings. The summed E-state index contributed by atoms with van der Waals surface area (Å²) < 4.78 is 0. The van der Waals surface area contributed by atoms with Crippen LogP contribution in [-0.2, 0) is 6.54 Å². The molecule has 0 atom stereocenters. The van der Waals surface area contributed by atoms with Crippen LogP contribution in [0.2, 0.25) is 5.15 Å². The Morgan fingerprint density at radius 3 is 2.79 bits per heavy atom. The lowest BCUT2D eigenvalue weighted by atomic mass is 10.2. The van der Waals surface area contributed by atoms with Gasteiger partial charge in [-0.3, -0.25) is 0 Å². The summed E-state index contributed by atoms with van der Waals surface area (Å²) in [6.07, 6.45) is 0. The Morgan fingerprint density at radius 1 is 1.47 bits per heavy atom. The Morgan fingerprint density at radius 2 is 2.21 bits per heavy atom. The van der Waals surface area contributed by atoms with Crippen LogP contribution in [0.3, 0.4) is 0 Å².